The monoisotopic (exact) mass is 234 g/mol. The lowest BCUT2D eigenvalue weighted by atomic mass is 10.1. The van der Waals surface area contributed by atoms with Crippen LogP contribution >= 0.6 is 0 Å². The van der Waals surface area contributed by atoms with E-state index in [1.165, 1.54) is 12.0 Å². The van der Waals surface area contributed by atoms with E-state index in [0.29, 0.717) is 0 Å². The van der Waals surface area contributed by atoms with Gasteiger partial charge in [-0.1, -0.05) is 30.3 Å². The number of hydrogen-bond acceptors (Lipinski definition) is 2. The Bertz CT molecular complexity index is 291. The summed E-state index contributed by atoms with van der Waals surface area (Å²) < 4.78 is 11.0. The zero-order chi connectivity index (χ0) is 11.8. The summed E-state index contributed by atoms with van der Waals surface area (Å²) in [6, 6.07) is 10.6. The normalized spacial score (nSPS) is 19.6. The molecule has 0 bridgehead atoms. The molecule has 0 N–H and O–H groups in total. The van der Waals surface area contributed by atoms with Gasteiger partial charge in [-0.15, -0.1) is 0 Å². The van der Waals surface area contributed by atoms with Crippen molar-refractivity contribution in [3.8, 4) is 0 Å². The highest BCUT2D eigenvalue weighted by Crippen LogP contribution is 2.15. The van der Waals surface area contributed by atoms with Crippen LogP contribution in [0, 0.1) is 5.92 Å². The van der Waals surface area contributed by atoms with Gasteiger partial charge in [0, 0.05) is 26.4 Å². The number of aryl methyl sites for hydroxylation is 1. The van der Waals surface area contributed by atoms with E-state index in [-0.39, 0.29) is 0 Å². The molecule has 1 fully saturated rings. The molecular weight excluding hydrogens is 212 g/mol. The van der Waals surface area contributed by atoms with Crippen LogP contribution in [0.15, 0.2) is 30.3 Å². The van der Waals surface area contributed by atoms with Gasteiger partial charge in [0.05, 0.1) is 0 Å². The van der Waals surface area contributed by atoms with E-state index in [4.69, 9.17) is 9.47 Å². The maximum Gasteiger partial charge on any atom is 0.0495 e. The Hall–Kier alpha value is -0.860. The molecule has 2 rings (SSSR count). The maximum atomic E-state index is 5.66. The van der Waals surface area contributed by atoms with Crippen LogP contribution in [0.2, 0.25) is 0 Å². The van der Waals surface area contributed by atoms with Crippen molar-refractivity contribution in [1.82, 2.24) is 0 Å². The molecule has 1 heterocycles. The molecule has 2 heteroatoms. The van der Waals surface area contributed by atoms with Gasteiger partial charge in [-0.2, -0.15) is 0 Å². The maximum absolute atomic E-state index is 5.66. The quantitative estimate of drug-likeness (QED) is 0.675. The fourth-order valence-corrected chi connectivity index (χ4v) is 2.19. The molecule has 1 aliphatic rings. The van der Waals surface area contributed by atoms with E-state index >= 15 is 0 Å². The zero-order valence-corrected chi connectivity index (χ0v) is 10.4. The summed E-state index contributed by atoms with van der Waals surface area (Å²) in [5.41, 5.74) is 1.40. The number of benzene rings is 1. The fourth-order valence-electron chi connectivity index (χ4n) is 2.19. The number of hydrogen-bond donors (Lipinski definition) is 0. The van der Waals surface area contributed by atoms with Crippen molar-refractivity contribution in [2.45, 2.75) is 25.7 Å². The minimum Gasteiger partial charge on any atom is -0.381 e. The topological polar surface area (TPSA) is 18.5 Å². The first-order chi connectivity index (χ1) is 8.45. The molecular formula is C15H22O2. The van der Waals surface area contributed by atoms with Gasteiger partial charge >= 0.3 is 0 Å². The van der Waals surface area contributed by atoms with Gasteiger partial charge in [0.1, 0.15) is 0 Å². The van der Waals surface area contributed by atoms with E-state index in [1.807, 2.05) is 0 Å². The first-order valence-corrected chi connectivity index (χ1v) is 6.64. The third-order valence-corrected chi connectivity index (χ3v) is 3.29. The lowest BCUT2D eigenvalue weighted by Crippen LogP contribution is -2.06. The highest BCUT2D eigenvalue weighted by Gasteiger charge is 2.14. The average molecular weight is 234 g/mol. The number of ether oxygens (including phenoxy) is 2. The third kappa shape index (κ3) is 4.88. The van der Waals surface area contributed by atoms with E-state index < -0.39 is 0 Å². The standard InChI is InChI=1S/C15H22O2/c1-2-5-14(6-3-1)7-4-10-16-11-8-15-9-12-17-13-15/h1-3,5-6,15H,4,7-13H2. The fraction of sp³-hybridized carbons (Fsp3) is 0.600. The third-order valence-electron chi connectivity index (χ3n) is 3.29. The minimum atomic E-state index is 0.740. The SMILES string of the molecule is c1ccc(CCCOCCC2CCOC2)cc1. The van der Waals surface area contributed by atoms with Gasteiger partial charge in [-0.3, -0.25) is 0 Å². The molecule has 17 heavy (non-hydrogen) atoms. The summed E-state index contributed by atoms with van der Waals surface area (Å²) in [5.74, 6) is 0.740. The average Bonchev–Trinajstić information content (AvgIpc) is 2.88. The number of rotatable bonds is 7. The van der Waals surface area contributed by atoms with Gasteiger partial charge in [0.25, 0.3) is 0 Å². The summed E-state index contributed by atoms with van der Waals surface area (Å²) >= 11 is 0. The first-order valence-electron chi connectivity index (χ1n) is 6.64. The molecule has 1 aromatic carbocycles. The van der Waals surface area contributed by atoms with Gasteiger partial charge in [0.15, 0.2) is 0 Å². The van der Waals surface area contributed by atoms with E-state index in [2.05, 4.69) is 30.3 Å². The van der Waals surface area contributed by atoms with Crippen molar-refractivity contribution >= 4 is 0 Å². The van der Waals surface area contributed by atoms with Crippen LogP contribution in [0.5, 0.6) is 0 Å². The molecule has 1 aliphatic heterocycles. The Morgan fingerprint density at radius 2 is 2.06 bits per heavy atom. The van der Waals surface area contributed by atoms with Gasteiger partial charge in [-0.25, -0.2) is 0 Å². The van der Waals surface area contributed by atoms with E-state index in [0.717, 1.165) is 51.6 Å². The predicted molar refractivity (Wildman–Crippen MR) is 69.1 cm³/mol. The predicted octanol–water partition coefficient (Wildman–Crippen LogP) is 3.06. The van der Waals surface area contributed by atoms with Crippen molar-refractivity contribution in [3.05, 3.63) is 35.9 Å². The molecule has 1 saturated heterocycles. The van der Waals surface area contributed by atoms with Crippen molar-refractivity contribution in [1.29, 1.82) is 0 Å². The zero-order valence-electron chi connectivity index (χ0n) is 10.4. The molecule has 94 valence electrons. The van der Waals surface area contributed by atoms with Crippen LogP contribution in [-0.4, -0.2) is 26.4 Å². The highest BCUT2D eigenvalue weighted by atomic mass is 16.5. The smallest absolute Gasteiger partial charge is 0.0495 e. The van der Waals surface area contributed by atoms with Crippen molar-refractivity contribution < 1.29 is 9.47 Å². The van der Waals surface area contributed by atoms with Crippen molar-refractivity contribution in [2.75, 3.05) is 26.4 Å². The van der Waals surface area contributed by atoms with Gasteiger partial charge < -0.3 is 9.47 Å². The van der Waals surface area contributed by atoms with Crippen molar-refractivity contribution in [2.24, 2.45) is 5.92 Å². The van der Waals surface area contributed by atoms with Crippen LogP contribution in [0.1, 0.15) is 24.8 Å². The minimum absolute atomic E-state index is 0.740. The van der Waals surface area contributed by atoms with Gasteiger partial charge in [0.2, 0.25) is 0 Å². The lowest BCUT2D eigenvalue weighted by molar-refractivity contribution is 0.112. The molecule has 0 aliphatic carbocycles. The molecule has 1 atom stereocenters. The van der Waals surface area contributed by atoms with E-state index in [9.17, 15) is 0 Å². The Balaban J connectivity index is 1.46. The summed E-state index contributed by atoms with van der Waals surface area (Å²) in [5, 5.41) is 0. The summed E-state index contributed by atoms with van der Waals surface area (Å²) in [6.07, 6.45) is 4.61. The molecule has 0 amide bonds. The largest absolute Gasteiger partial charge is 0.381 e. The van der Waals surface area contributed by atoms with Gasteiger partial charge in [-0.05, 0) is 37.2 Å². The Labute approximate surface area is 104 Å². The first kappa shape index (κ1) is 12.6. The van der Waals surface area contributed by atoms with Crippen LogP contribution in [-0.2, 0) is 15.9 Å². The molecule has 0 aromatic heterocycles. The molecule has 2 nitrogen and oxygen atoms in total. The Morgan fingerprint density at radius 3 is 2.82 bits per heavy atom. The van der Waals surface area contributed by atoms with Crippen LogP contribution in [0.4, 0.5) is 0 Å². The van der Waals surface area contributed by atoms with Crippen LogP contribution in [0.25, 0.3) is 0 Å². The summed E-state index contributed by atoms with van der Waals surface area (Å²) in [6.45, 7) is 3.65. The second-order valence-corrected chi connectivity index (χ2v) is 4.72. The Morgan fingerprint density at radius 1 is 1.18 bits per heavy atom. The Kier molecular flexibility index (Phi) is 5.53. The van der Waals surface area contributed by atoms with Crippen molar-refractivity contribution in [3.63, 3.8) is 0 Å². The second kappa shape index (κ2) is 7.46. The molecule has 0 spiro atoms. The van der Waals surface area contributed by atoms with E-state index in [1.54, 1.807) is 0 Å². The summed E-state index contributed by atoms with van der Waals surface area (Å²) in [4.78, 5) is 0. The summed E-state index contributed by atoms with van der Waals surface area (Å²) in [7, 11) is 0. The van der Waals surface area contributed by atoms with Crippen LogP contribution in [0.3, 0.4) is 0 Å². The molecule has 0 saturated carbocycles. The molecule has 0 radical (unpaired) electrons. The highest BCUT2D eigenvalue weighted by molar-refractivity contribution is 5.14. The second-order valence-electron chi connectivity index (χ2n) is 4.72. The molecule has 1 unspecified atom stereocenters. The lowest BCUT2D eigenvalue weighted by Gasteiger charge is -2.08. The molecule has 1 aromatic rings. The van der Waals surface area contributed by atoms with Crippen LogP contribution < -0.4 is 0 Å².